The molecule has 0 saturated carbocycles. The van der Waals surface area contributed by atoms with E-state index in [-0.39, 0.29) is 40.6 Å². The molecular formula is H2CaO4P+. The summed E-state index contributed by atoms with van der Waals surface area (Å²) in [5, 5.41) is 0. The van der Waals surface area contributed by atoms with Crippen molar-refractivity contribution in [3.8, 4) is 0 Å². The smallest absolute Gasteiger partial charge is 0.822 e. The predicted molar refractivity (Wildman–Crippen MR) is 15.6 cm³/mol. The van der Waals surface area contributed by atoms with Gasteiger partial charge in [-0.15, -0.1) is 0 Å². The van der Waals surface area contributed by atoms with E-state index < -0.39 is 7.82 Å². The molecule has 0 saturated heterocycles. The minimum atomic E-state index is -5.39. The van der Waals surface area contributed by atoms with E-state index in [0.29, 0.717) is 0 Å². The summed E-state index contributed by atoms with van der Waals surface area (Å²) in [5.74, 6) is 0. The standard InChI is InChI=1S/Ca.H3O4P/c;1-5(2,3)4/h;(H3,1,2,3,4)/q+2;/p-1. The number of rotatable bonds is 0. The van der Waals surface area contributed by atoms with Crippen LogP contribution < -0.4 is 14.7 Å². The molecule has 0 aromatic heterocycles. The van der Waals surface area contributed by atoms with Gasteiger partial charge in [0.2, 0.25) is 0 Å². The zero-order chi connectivity index (χ0) is 4.50. The van der Waals surface area contributed by atoms with Gasteiger partial charge in [0.1, 0.15) is 0 Å². The van der Waals surface area contributed by atoms with E-state index >= 15 is 0 Å². The van der Waals surface area contributed by atoms with E-state index in [1.807, 2.05) is 0 Å². The summed E-state index contributed by atoms with van der Waals surface area (Å²) in [6, 6.07) is 0. The average Bonchev–Trinajstić information content (AvgIpc) is 0.722. The molecular weight excluding hydrogens is 135 g/mol. The Morgan fingerprint density at radius 1 is 1.33 bits per heavy atom. The van der Waals surface area contributed by atoms with Gasteiger partial charge in [-0.25, -0.2) is 0 Å². The summed E-state index contributed by atoms with van der Waals surface area (Å²) < 4.78 is 8.55. The van der Waals surface area contributed by atoms with Crippen molar-refractivity contribution in [2.75, 3.05) is 0 Å². The Bertz CT molecular complexity index is 60.2. The number of hydrogen-bond acceptors (Lipinski definition) is 4. The Hall–Kier alpha value is 1.37. The maximum atomic E-state index is 8.55. The van der Waals surface area contributed by atoms with Gasteiger partial charge in [-0.1, -0.05) is 0 Å². The van der Waals surface area contributed by atoms with Crippen molar-refractivity contribution in [3.05, 3.63) is 0 Å². The van der Waals surface area contributed by atoms with Gasteiger partial charge in [0, 0.05) is 0 Å². The molecule has 0 atom stereocenters. The summed E-state index contributed by atoms with van der Waals surface area (Å²) >= 11 is 0. The van der Waals surface area contributed by atoms with Crippen molar-refractivity contribution in [1.29, 1.82) is 0 Å². The fourth-order valence-corrected chi connectivity index (χ4v) is 0. The molecule has 0 aliphatic heterocycles. The van der Waals surface area contributed by atoms with Gasteiger partial charge in [0.25, 0.3) is 0 Å². The summed E-state index contributed by atoms with van der Waals surface area (Å²) in [5.41, 5.74) is 0. The molecule has 0 N–H and O–H groups in total. The quantitative estimate of drug-likeness (QED) is 0.263. The van der Waals surface area contributed by atoms with Crippen LogP contribution >= 0.6 is 7.82 Å². The summed E-state index contributed by atoms with van der Waals surface area (Å²) in [6.45, 7) is 0. The SMILES string of the molecule is O=P([O-])([O-])[O-].[Ca+2].[H+].[H+]. The molecule has 0 unspecified atom stereocenters. The molecule has 0 aromatic rings. The molecule has 6 heteroatoms. The van der Waals surface area contributed by atoms with Crippen LogP contribution in [0.25, 0.3) is 0 Å². The molecule has 0 aliphatic carbocycles. The van der Waals surface area contributed by atoms with Crippen molar-refractivity contribution < 1.29 is 22.1 Å². The Balaban J connectivity index is -0.0000000267. The zero-order valence-corrected chi connectivity index (χ0v) is 5.89. The molecule has 6 heavy (non-hydrogen) atoms. The van der Waals surface area contributed by atoms with Gasteiger partial charge < -0.3 is 19.2 Å². The molecule has 0 spiro atoms. The van der Waals surface area contributed by atoms with Crippen molar-refractivity contribution in [2.45, 2.75) is 0 Å². The van der Waals surface area contributed by atoms with Crippen LogP contribution in [0, 0.1) is 0 Å². The molecule has 32 valence electrons. The van der Waals surface area contributed by atoms with Crippen molar-refractivity contribution in [2.24, 2.45) is 0 Å². The summed E-state index contributed by atoms with van der Waals surface area (Å²) in [7, 11) is -5.39. The van der Waals surface area contributed by atoms with E-state index in [2.05, 4.69) is 0 Å². The monoisotopic (exact) mass is 137 g/mol. The van der Waals surface area contributed by atoms with Crippen LogP contribution in [-0.4, -0.2) is 37.7 Å². The van der Waals surface area contributed by atoms with Crippen molar-refractivity contribution >= 4 is 45.6 Å². The fraction of sp³-hybridized carbons (Fsp3) is 0. The third-order valence-electron chi connectivity index (χ3n) is 0. The van der Waals surface area contributed by atoms with E-state index in [1.54, 1.807) is 0 Å². The summed E-state index contributed by atoms with van der Waals surface area (Å²) in [6.07, 6.45) is 0. The first-order valence-electron chi connectivity index (χ1n) is 0.730. The first-order valence-corrected chi connectivity index (χ1v) is 2.19. The predicted octanol–water partition coefficient (Wildman–Crippen LogP) is -2.98. The van der Waals surface area contributed by atoms with E-state index in [1.165, 1.54) is 0 Å². The summed E-state index contributed by atoms with van der Waals surface area (Å²) in [4.78, 5) is 25.6. The second kappa shape index (κ2) is 3.38. The Labute approximate surface area is 67.4 Å². The van der Waals surface area contributed by atoms with Crippen LogP contribution in [0.15, 0.2) is 0 Å². The zero-order valence-electron chi connectivity index (χ0n) is 4.79. The second-order valence-electron chi connectivity index (χ2n) is 0.447. The molecule has 0 fully saturated rings. The first-order chi connectivity index (χ1) is 2.00. The molecule has 0 aromatic carbocycles. The molecule has 0 heterocycles. The third kappa shape index (κ3) is 54.6. The Morgan fingerprint density at radius 2 is 1.33 bits per heavy atom. The minimum Gasteiger partial charge on any atom is -0.822 e. The minimum absolute atomic E-state index is 0. The first kappa shape index (κ1) is 10.4. The van der Waals surface area contributed by atoms with Gasteiger partial charge in [0.15, 0.2) is 0 Å². The molecule has 0 amide bonds. The van der Waals surface area contributed by atoms with Crippen LogP contribution in [0.4, 0.5) is 0 Å². The fourth-order valence-electron chi connectivity index (χ4n) is 0. The molecule has 0 rings (SSSR count). The van der Waals surface area contributed by atoms with E-state index in [0.717, 1.165) is 0 Å². The Kier molecular flexibility index (Phi) is 5.84. The van der Waals surface area contributed by atoms with Crippen LogP contribution in [0.1, 0.15) is 2.85 Å². The van der Waals surface area contributed by atoms with Gasteiger partial charge >= 0.3 is 40.6 Å². The van der Waals surface area contributed by atoms with E-state index in [4.69, 9.17) is 19.2 Å². The van der Waals surface area contributed by atoms with Crippen molar-refractivity contribution in [3.63, 3.8) is 0 Å². The van der Waals surface area contributed by atoms with E-state index in [9.17, 15) is 0 Å². The maximum Gasteiger partial charge on any atom is 2.00 e. The van der Waals surface area contributed by atoms with Crippen LogP contribution in [-0.2, 0) is 4.57 Å². The van der Waals surface area contributed by atoms with Gasteiger partial charge in [-0.05, 0) is 0 Å². The van der Waals surface area contributed by atoms with Crippen LogP contribution in [0.5, 0.6) is 0 Å². The van der Waals surface area contributed by atoms with Gasteiger partial charge in [-0.2, -0.15) is 7.82 Å². The number of phosphoric acid groups is 1. The largest absolute Gasteiger partial charge is 2.00 e. The molecule has 0 aliphatic rings. The molecule has 0 radical (unpaired) electrons. The normalized spacial score (nSPS) is 9.83. The third-order valence-corrected chi connectivity index (χ3v) is 0. The van der Waals surface area contributed by atoms with Crippen molar-refractivity contribution in [1.82, 2.24) is 0 Å². The maximum absolute atomic E-state index is 8.55. The molecule has 0 bridgehead atoms. The Morgan fingerprint density at radius 3 is 1.33 bits per heavy atom. The van der Waals surface area contributed by atoms with Gasteiger partial charge in [-0.3, -0.25) is 0 Å². The van der Waals surface area contributed by atoms with Crippen LogP contribution in [0.2, 0.25) is 0 Å². The second-order valence-corrected chi connectivity index (χ2v) is 1.34. The molecule has 4 nitrogen and oxygen atoms in total. The number of hydrogen-bond donors (Lipinski definition) is 0. The van der Waals surface area contributed by atoms with Gasteiger partial charge in [0.05, 0.1) is 0 Å². The van der Waals surface area contributed by atoms with Crippen LogP contribution in [0.3, 0.4) is 0 Å². The topological polar surface area (TPSA) is 86.2 Å². The average molecular weight is 137 g/mol.